The van der Waals surface area contributed by atoms with Gasteiger partial charge in [-0.2, -0.15) is 5.10 Å². The molecule has 1 aliphatic heterocycles. The van der Waals surface area contributed by atoms with Gasteiger partial charge in [0.25, 0.3) is 5.91 Å². The van der Waals surface area contributed by atoms with Crippen LogP contribution in [0, 0.1) is 6.92 Å². The van der Waals surface area contributed by atoms with E-state index in [-0.39, 0.29) is 5.91 Å². The molecule has 1 aromatic heterocycles. The molecule has 1 amide bonds. The van der Waals surface area contributed by atoms with Crippen molar-refractivity contribution < 1.29 is 4.79 Å². The first-order valence-electron chi connectivity index (χ1n) is 9.05. The second-order valence-electron chi connectivity index (χ2n) is 7.19. The van der Waals surface area contributed by atoms with Crippen LogP contribution in [0.15, 0.2) is 17.8 Å². The van der Waals surface area contributed by atoms with Gasteiger partial charge in [0.15, 0.2) is 0 Å². The van der Waals surface area contributed by atoms with Crippen LogP contribution in [0.2, 0.25) is 0 Å². The Kier molecular flexibility index (Phi) is 6.60. The summed E-state index contributed by atoms with van der Waals surface area (Å²) in [5.41, 5.74) is 2.95. The summed E-state index contributed by atoms with van der Waals surface area (Å²) < 4.78 is 1.72. The lowest BCUT2D eigenvalue weighted by atomic mass is 10.1. The van der Waals surface area contributed by atoms with Crippen molar-refractivity contribution in [1.29, 1.82) is 0 Å². The molecule has 0 aliphatic carbocycles. The second kappa shape index (κ2) is 8.47. The number of aryl methyl sites for hydroxylation is 2. The molecule has 0 aromatic carbocycles. The first-order chi connectivity index (χ1) is 11.4. The van der Waals surface area contributed by atoms with Gasteiger partial charge < -0.3 is 4.90 Å². The Morgan fingerprint density at radius 3 is 2.67 bits per heavy atom. The number of hydrogen-bond acceptors (Lipinski definition) is 3. The summed E-state index contributed by atoms with van der Waals surface area (Å²) in [6.45, 7) is 12.2. The van der Waals surface area contributed by atoms with Crippen LogP contribution >= 0.6 is 0 Å². The maximum atomic E-state index is 12.8. The molecule has 1 unspecified atom stereocenters. The normalized spacial score (nSPS) is 17.5. The molecule has 0 saturated carbocycles. The van der Waals surface area contributed by atoms with E-state index in [1.165, 1.54) is 12.0 Å². The van der Waals surface area contributed by atoms with Crippen molar-refractivity contribution >= 4 is 5.91 Å². The molecule has 0 N–H and O–H groups in total. The highest BCUT2D eigenvalue weighted by atomic mass is 16.2. The van der Waals surface area contributed by atoms with E-state index in [1.807, 2.05) is 25.1 Å². The molecule has 1 atom stereocenters. The average Bonchev–Trinajstić information content (AvgIpc) is 2.73. The lowest BCUT2D eigenvalue weighted by molar-refractivity contribution is 0.0757. The zero-order chi connectivity index (χ0) is 17.7. The molecule has 24 heavy (non-hydrogen) atoms. The molecule has 5 heteroatoms. The largest absolute Gasteiger partial charge is 0.337 e. The van der Waals surface area contributed by atoms with Crippen molar-refractivity contribution in [3.63, 3.8) is 0 Å². The van der Waals surface area contributed by atoms with Crippen LogP contribution in [-0.4, -0.2) is 57.7 Å². The van der Waals surface area contributed by atoms with Crippen molar-refractivity contribution in [1.82, 2.24) is 19.6 Å². The fraction of sp³-hybridized carbons (Fsp3) is 0.684. The van der Waals surface area contributed by atoms with Crippen LogP contribution in [-0.2, 0) is 7.05 Å². The quantitative estimate of drug-likeness (QED) is 0.778. The number of allylic oxidation sites excluding steroid dienone is 2. The van der Waals surface area contributed by atoms with E-state index >= 15 is 0 Å². The Morgan fingerprint density at radius 2 is 2.04 bits per heavy atom. The predicted octanol–water partition coefficient (Wildman–Crippen LogP) is 3.01. The Bertz CT molecular complexity index is 586. The van der Waals surface area contributed by atoms with Crippen molar-refractivity contribution in [3.8, 4) is 0 Å². The smallest absolute Gasteiger partial charge is 0.257 e. The molecular formula is C19H32N4O. The fourth-order valence-electron chi connectivity index (χ4n) is 3.36. The van der Waals surface area contributed by atoms with Crippen LogP contribution in [0.4, 0.5) is 0 Å². The maximum absolute atomic E-state index is 12.8. The summed E-state index contributed by atoms with van der Waals surface area (Å²) in [5, 5.41) is 4.29. The Hall–Kier alpha value is -1.62. The SMILES string of the molecule is CC(C)=CCCC(C)N1CCCN(C(=O)c2cn(C)nc2C)CC1. The fourth-order valence-corrected chi connectivity index (χ4v) is 3.36. The number of amides is 1. The third-order valence-electron chi connectivity index (χ3n) is 4.82. The number of nitrogens with zero attached hydrogens (tertiary/aromatic N) is 4. The lowest BCUT2D eigenvalue weighted by Gasteiger charge is -2.27. The van der Waals surface area contributed by atoms with Gasteiger partial charge in [-0.05, 0) is 47.0 Å². The van der Waals surface area contributed by atoms with Gasteiger partial charge >= 0.3 is 0 Å². The summed E-state index contributed by atoms with van der Waals surface area (Å²) >= 11 is 0. The van der Waals surface area contributed by atoms with E-state index in [9.17, 15) is 4.79 Å². The van der Waals surface area contributed by atoms with E-state index in [0.29, 0.717) is 6.04 Å². The van der Waals surface area contributed by atoms with E-state index in [0.717, 1.165) is 50.3 Å². The first-order valence-corrected chi connectivity index (χ1v) is 9.05. The van der Waals surface area contributed by atoms with E-state index < -0.39 is 0 Å². The zero-order valence-electron chi connectivity index (χ0n) is 15.9. The van der Waals surface area contributed by atoms with Crippen molar-refractivity contribution in [2.75, 3.05) is 26.2 Å². The van der Waals surface area contributed by atoms with Gasteiger partial charge in [-0.1, -0.05) is 11.6 Å². The highest BCUT2D eigenvalue weighted by Crippen LogP contribution is 2.15. The Labute approximate surface area is 146 Å². The van der Waals surface area contributed by atoms with E-state index in [2.05, 4.69) is 36.8 Å². The molecular weight excluding hydrogens is 300 g/mol. The molecule has 1 saturated heterocycles. The van der Waals surface area contributed by atoms with Crippen LogP contribution in [0.5, 0.6) is 0 Å². The topological polar surface area (TPSA) is 41.4 Å². The van der Waals surface area contributed by atoms with Gasteiger partial charge in [0.1, 0.15) is 0 Å². The van der Waals surface area contributed by atoms with Crippen molar-refractivity contribution in [2.24, 2.45) is 7.05 Å². The number of rotatable bonds is 5. The molecule has 0 bridgehead atoms. The minimum atomic E-state index is 0.125. The Morgan fingerprint density at radius 1 is 1.29 bits per heavy atom. The number of carbonyl (C=O) groups is 1. The molecule has 0 radical (unpaired) electrons. The van der Waals surface area contributed by atoms with Gasteiger partial charge in [-0.3, -0.25) is 14.4 Å². The van der Waals surface area contributed by atoms with Crippen LogP contribution < -0.4 is 0 Å². The van der Waals surface area contributed by atoms with Gasteiger partial charge in [-0.25, -0.2) is 0 Å². The third kappa shape index (κ3) is 4.94. The number of hydrogen-bond donors (Lipinski definition) is 0. The van der Waals surface area contributed by atoms with E-state index in [4.69, 9.17) is 0 Å². The average molecular weight is 332 g/mol. The molecule has 5 nitrogen and oxygen atoms in total. The van der Waals surface area contributed by atoms with Crippen LogP contribution in [0.1, 0.15) is 56.1 Å². The van der Waals surface area contributed by atoms with Gasteiger partial charge in [-0.15, -0.1) is 0 Å². The number of aromatic nitrogens is 2. The maximum Gasteiger partial charge on any atom is 0.257 e. The monoisotopic (exact) mass is 332 g/mol. The summed E-state index contributed by atoms with van der Waals surface area (Å²) in [6.07, 6.45) is 7.51. The van der Waals surface area contributed by atoms with Crippen LogP contribution in [0.3, 0.4) is 0 Å². The summed E-state index contributed by atoms with van der Waals surface area (Å²) in [6, 6.07) is 0.566. The molecule has 2 heterocycles. The van der Waals surface area contributed by atoms with Gasteiger partial charge in [0.2, 0.25) is 0 Å². The predicted molar refractivity (Wildman–Crippen MR) is 98.2 cm³/mol. The minimum absolute atomic E-state index is 0.125. The second-order valence-corrected chi connectivity index (χ2v) is 7.19. The zero-order valence-corrected chi connectivity index (χ0v) is 15.9. The summed E-state index contributed by atoms with van der Waals surface area (Å²) in [4.78, 5) is 17.3. The lowest BCUT2D eigenvalue weighted by Crippen LogP contribution is -2.38. The third-order valence-corrected chi connectivity index (χ3v) is 4.82. The number of carbonyl (C=O) groups excluding carboxylic acids is 1. The van der Waals surface area contributed by atoms with Crippen molar-refractivity contribution in [3.05, 3.63) is 29.1 Å². The molecule has 0 spiro atoms. The highest BCUT2D eigenvalue weighted by molar-refractivity contribution is 5.95. The molecule has 1 aliphatic rings. The Balaban J connectivity index is 1.91. The molecule has 1 fully saturated rings. The summed E-state index contributed by atoms with van der Waals surface area (Å²) in [5.74, 6) is 0.125. The molecule has 134 valence electrons. The summed E-state index contributed by atoms with van der Waals surface area (Å²) in [7, 11) is 1.86. The first kappa shape index (κ1) is 18.7. The highest BCUT2D eigenvalue weighted by Gasteiger charge is 2.24. The molecule has 2 rings (SSSR count). The van der Waals surface area contributed by atoms with Crippen molar-refractivity contribution in [2.45, 2.75) is 53.0 Å². The van der Waals surface area contributed by atoms with Crippen LogP contribution in [0.25, 0.3) is 0 Å². The van der Waals surface area contributed by atoms with Gasteiger partial charge in [0.05, 0.1) is 11.3 Å². The standard InChI is InChI=1S/C19H32N4O/c1-15(2)8-6-9-16(3)22-10-7-11-23(13-12-22)19(24)18-14-21(5)20-17(18)4/h8,14,16H,6-7,9-13H2,1-5H3. The van der Waals surface area contributed by atoms with Gasteiger partial charge in [0, 0.05) is 45.5 Å². The van der Waals surface area contributed by atoms with E-state index in [1.54, 1.807) is 4.68 Å². The minimum Gasteiger partial charge on any atom is -0.337 e. The molecule has 1 aromatic rings.